The van der Waals surface area contributed by atoms with Crippen molar-refractivity contribution in [1.82, 2.24) is 0 Å². The van der Waals surface area contributed by atoms with Crippen LogP contribution in [0.4, 0.5) is 0 Å². The molecule has 0 aliphatic carbocycles. The van der Waals surface area contributed by atoms with E-state index in [0.717, 1.165) is 11.1 Å². The van der Waals surface area contributed by atoms with Gasteiger partial charge in [0.05, 0.1) is 0 Å². The van der Waals surface area contributed by atoms with Gasteiger partial charge in [-0.2, -0.15) is 0 Å². The zero-order valence-corrected chi connectivity index (χ0v) is 9.45. The number of hydrogen-bond donors (Lipinski definition) is 0. The fourth-order valence-electron chi connectivity index (χ4n) is 0.904. The van der Waals surface area contributed by atoms with Crippen LogP contribution in [-0.4, -0.2) is 5.78 Å². The number of allylic oxidation sites excluding steroid dienone is 1. The van der Waals surface area contributed by atoms with Crippen molar-refractivity contribution < 1.29 is 4.79 Å². The minimum absolute atomic E-state index is 0.0426. The molecule has 0 heterocycles. The fourth-order valence-corrected chi connectivity index (χ4v) is 0.904. The molecule has 1 rings (SSSR count). The van der Waals surface area contributed by atoms with Crippen LogP contribution in [0.1, 0.15) is 31.9 Å². The summed E-state index contributed by atoms with van der Waals surface area (Å²) in [6.45, 7) is 5.52. The quantitative estimate of drug-likeness (QED) is 0.529. The van der Waals surface area contributed by atoms with Gasteiger partial charge < -0.3 is 0 Å². The van der Waals surface area contributed by atoms with Gasteiger partial charge in [0.2, 0.25) is 0 Å². The molecule has 1 nitrogen and oxygen atoms in total. The summed E-state index contributed by atoms with van der Waals surface area (Å²) in [4.78, 5) is 10.6. The number of terminal acetylenes is 1. The van der Waals surface area contributed by atoms with Gasteiger partial charge >= 0.3 is 0 Å². The van der Waals surface area contributed by atoms with E-state index in [1.54, 1.807) is 6.08 Å². The minimum atomic E-state index is 0.0426. The lowest BCUT2D eigenvalue weighted by atomic mass is 10.1. The SMILES string of the molecule is C#Cc1ccc(/C=C/C(C)=O)cc1.CC. The zero-order chi connectivity index (χ0) is 11.7. The van der Waals surface area contributed by atoms with Gasteiger partial charge in [0.25, 0.3) is 0 Å². The van der Waals surface area contributed by atoms with Gasteiger partial charge in [0.15, 0.2) is 5.78 Å². The standard InChI is InChI=1S/C12H10O.C2H6/c1-3-11-6-8-12(9-7-11)5-4-10(2)13;1-2/h1,4-9H,2H3;1-2H3/b5-4+;. The maximum atomic E-state index is 10.6. The van der Waals surface area contributed by atoms with Crippen LogP contribution >= 0.6 is 0 Å². The van der Waals surface area contributed by atoms with E-state index >= 15 is 0 Å². The number of carbonyl (C=O) groups excluding carboxylic acids is 1. The number of carbonyl (C=O) groups is 1. The van der Waals surface area contributed by atoms with Crippen LogP contribution in [0.15, 0.2) is 30.3 Å². The highest BCUT2D eigenvalue weighted by molar-refractivity contribution is 5.91. The van der Waals surface area contributed by atoms with Gasteiger partial charge in [-0.25, -0.2) is 0 Å². The predicted octanol–water partition coefficient (Wildman–Crippen LogP) is 3.30. The lowest BCUT2D eigenvalue weighted by molar-refractivity contribution is -0.112. The molecule has 1 aromatic carbocycles. The Morgan fingerprint density at radius 1 is 1.27 bits per heavy atom. The van der Waals surface area contributed by atoms with Crippen molar-refractivity contribution in [3.63, 3.8) is 0 Å². The maximum absolute atomic E-state index is 10.6. The normalized spacial score (nSPS) is 8.93. The van der Waals surface area contributed by atoms with Crippen molar-refractivity contribution in [2.45, 2.75) is 20.8 Å². The van der Waals surface area contributed by atoms with Gasteiger partial charge in [-0.1, -0.05) is 38.0 Å². The Labute approximate surface area is 91.8 Å². The Hall–Kier alpha value is -1.81. The highest BCUT2D eigenvalue weighted by atomic mass is 16.1. The van der Waals surface area contributed by atoms with Crippen molar-refractivity contribution in [1.29, 1.82) is 0 Å². The molecular weight excluding hydrogens is 184 g/mol. The molecule has 1 aromatic rings. The average molecular weight is 200 g/mol. The van der Waals surface area contributed by atoms with Crippen molar-refractivity contribution >= 4 is 11.9 Å². The second kappa shape index (κ2) is 7.58. The lowest BCUT2D eigenvalue weighted by Crippen LogP contribution is -1.80. The van der Waals surface area contributed by atoms with Crippen molar-refractivity contribution in [2.24, 2.45) is 0 Å². The van der Waals surface area contributed by atoms with E-state index in [-0.39, 0.29) is 5.78 Å². The first kappa shape index (κ1) is 13.2. The summed E-state index contributed by atoms with van der Waals surface area (Å²) in [7, 11) is 0. The first-order valence-corrected chi connectivity index (χ1v) is 4.97. The molecule has 0 N–H and O–H groups in total. The zero-order valence-electron chi connectivity index (χ0n) is 9.45. The molecule has 0 aliphatic rings. The summed E-state index contributed by atoms with van der Waals surface area (Å²) in [5, 5.41) is 0. The number of rotatable bonds is 2. The fraction of sp³-hybridized carbons (Fsp3) is 0.214. The molecule has 0 aliphatic heterocycles. The summed E-state index contributed by atoms with van der Waals surface area (Å²) >= 11 is 0. The van der Waals surface area contributed by atoms with Crippen LogP contribution in [0.5, 0.6) is 0 Å². The summed E-state index contributed by atoms with van der Waals surface area (Å²) in [5.41, 5.74) is 1.83. The summed E-state index contributed by atoms with van der Waals surface area (Å²) in [6, 6.07) is 7.46. The Morgan fingerprint density at radius 3 is 2.20 bits per heavy atom. The topological polar surface area (TPSA) is 17.1 Å². The van der Waals surface area contributed by atoms with E-state index in [4.69, 9.17) is 6.42 Å². The molecular formula is C14H16O. The molecule has 0 atom stereocenters. The second-order valence-corrected chi connectivity index (χ2v) is 2.71. The Bertz CT molecular complexity index is 363. The van der Waals surface area contributed by atoms with Gasteiger partial charge in [-0.05, 0) is 30.7 Å². The molecule has 0 amide bonds. The third-order valence-electron chi connectivity index (χ3n) is 1.59. The van der Waals surface area contributed by atoms with Crippen LogP contribution in [-0.2, 0) is 4.79 Å². The predicted molar refractivity (Wildman–Crippen MR) is 65.4 cm³/mol. The van der Waals surface area contributed by atoms with Gasteiger partial charge in [0.1, 0.15) is 0 Å². The van der Waals surface area contributed by atoms with E-state index in [0.29, 0.717) is 0 Å². The molecule has 0 aromatic heterocycles. The van der Waals surface area contributed by atoms with E-state index in [9.17, 15) is 4.79 Å². The first-order chi connectivity index (χ1) is 7.22. The molecule has 0 radical (unpaired) electrons. The van der Waals surface area contributed by atoms with Gasteiger partial charge in [-0.3, -0.25) is 4.79 Å². The van der Waals surface area contributed by atoms with Crippen LogP contribution in [0.3, 0.4) is 0 Å². The molecule has 0 saturated carbocycles. The molecule has 0 saturated heterocycles. The Kier molecular flexibility index (Phi) is 6.67. The number of hydrogen-bond acceptors (Lipinski definition) is 1. The van der Waals surface area contributed by atoms with Crippen LogP contribution < -0.4 is 0 Å². The highest BCUT2D eigenvalue weighted by Gasteiger charge is 1.88. The van der Waals surface area contributed by atoms with Crippen LogP contribution in [0.25, 0.3) is 6.08 Å². The molecule has 78 valence electrons. The molecule has 1 heteroatoms. The van der Waals surface area contributed by atoms with E-state index in [1.807, 2.05) is 38.1 Å². The smallest absolute Gasteiger partial charge is 0.152 e. The van der Waals surface area contributed by atoms with Crippen molar-refractivity contribution in [3.8, 4) is 12.3 Å². The van der Waals surface area contributed by atoms with Gasteiger partial charge in [0, 0.05) is 5.56 Å². The van der Waals surface area contributed by atoms with Crippen molar-refractivity contribution in [3.05, 3.63) is 41.5 Å². The lowest BCUT2D eigenvalue weighted by Gasteiger charge is -1.92. The molecule has 0 fully saturated rings. The maximum Gasteiger partial charge on any atom is 0.152 e. The van der Waals surface area contributed by atoms with Crippen molar-refractivity contribution in [2.75, 3.05) is 0 Å². The third-order valence-corrected chi connectivity index (χ3v) is 1.59. The minimum Gasteiger partial charge on any atom is -0.295 e. The summed E-state index contributed by atoms with van der Waals surface area (Å²) < 4.78 is 0. The summed E-state index contributed by atoms with van der Waals surface area (Å²) in [6.07, 6.45) is 8.50. The number of benzene rings is 1. The summed E-state index contributed by atoms with van der Waals surface area (Å²) in [5.74, 6) is 2.57. The molecule has 0 unspecified atom stereocenters. The highest BCUT2D eigenvalue weighted by Crippen LogP contribution is 2.04. The average Bonchev–Trinajstić information content (AvgIpc) is 2.30. The monoisotopic (exact) mass is 200 g/mol. The third kappa shape index (κ3) is 5.49. The van der Waals surface area contributed by atoms with Gasteiger partial charge in [-0.15, -0.1) is 6.42 Å². The largest absolute Gasteiger partial charge is 0.295 e. The number of ketones is 1. The molecule has 15 heavy (non-hydrogen) atoms. The van der Waals surface area contributed by atoms with E-state index < -0.39 is 0 Å². The van der Waals surface area contributed by atoms with Crippen LogP contribution in [0.2, 0.25) is 0 Å². The van der Waals surface area contributed by atoms with E-state index in [1.165, 1.54) is 13.0 Å². The van der Waals surface area contributed by atoms with E-state index in [2.05, 4.69) is 5.92 Å². The second-order valence-electron chi connectivity index (χ2n) is 2.71. The molecule has 0 spiro atoms. The molecule has 0 bridgehead atoms. The Balaban J connectivity index is 0.000000921. The van der Waals surface area contributed by atoms with Crippen LogP contribution in [0, 0.1) is 12.3 Å². The first-order valence-electron chi connectivity index (χ1n) is 4.97. The Morgan fingerprint density at radius 2 is 1.80 bits per heavy atom.